The number of nitrogens with one attached hydrogen (secondary N) is 2. The molecule has 0 aliphatic rings. The van der Waals surface area contributed by atoms with E-state index in [0.29, 0.717) is 17.1 Å². The molecule has 0 fully saturated rings. The zero-order chi connectivity index (χ0) is 15.9. The van der Waals surface area contributed by atoms with Gasteiger partial charge in [0.1, 0.15) is 5.75 Å². The van der Waals surface area contributed by atoms with Crippen LogP contribution in [0.15, 0.2) is 48.5 Å². The zero-order valence-electron chi connectivity index (χ0n) is 12.6. The summed E-state index contributed by atoms with van der Waals surface area (Å²) in [5.41, 5.74) is 2.16. The van der Waals surface area contributed by atoms with Gasteiger partial charge in [-0.2, -0.15) is 0 Å². The van der Waals surface area contributed by atoms with Gasteiger partial charge in [-0.05, 0) is 42.3 Å². The standard InChI is InChI=1S/C17H18N2O3/c1-3-12-6-4-5-7-15(12)19-17(21)16(20)18-13-8-10-14(22-2)11-9-13/h4-11H,3H2,1-2H3,(H,18,20)(H,19,21). The topological polar surface area (TPSA) is 67.4 Å². The van der Waals surface area contributed by atoms with E-state index < -0.39 is 11.8 Å². The number of ether oxygens (including phenoxy) is 1. The fraction of sp³-hybridized carbons (Fsp3) is 0.176. The van der Waals surface area contributed by atoms with E-state index in [1.807, 2.05) is 25.1 Å². The van der Waals surface area contributed by atoms with Crippen molar-refractivity contribution < 1.29 is 14.3 Å². The molecular weight excluding hydrogens is 280 g/mol. The van der Waals surface area contributed by atoms with Gasteiger partial charge in [0.15, 0.2) is 0 Å². The second kappa shape index (κ2) is 7.26. The normalized spacial score (nSPS) is 9.91. The first-order valence-electron chi connectivity index (χ1n) is 6.98. The molecule has 2 amide bonds. The largest absolute Gasteiger partial charge is 0.497 e. The van der Waals surface area contributed by atoms with Gasteiger partial charge in [0.2, 0.25) is 0 Å². The fourth-order valence-electron chi connectivity index (χ4n) is 1.99. The number of carbonyl (C=O) groups excluding carboxylic acids is 2. The van der Waals surface area contributed by atoms with Crippen molar-refractivity contribution in [2.45, 2.75) is 13.3 Å². The molecule has 0 aliphatic heterocycles. The average molecular weight is 298 g/mol. The summed E-state index contributed by atoms with van der Waals surface area (Å²) in [5, 5.41) is 5.17. The summed E-state index contributed by atoms with van der Waals surface area (Å²) >= 11 is 0. The smallest absolute Gasteiger partial charge is 0.314 e. The molecule has 0 aromatic heterocycles. The first kappa shape index (κ1) is 15.6. The molecule has 5 nitrogen and oxygen atoms in total. The highest BCUT2D eigenvalue weighted by molar-refractivity contribution is 6.43. The van der Waals surface area contributed by atoms with E-state index in [-0.39, 0.29) is 0 Å². The second-order valence-electron chi connectivity index (χ2n) is 4.65. The van der Waals surface area contributed by atoms with Crippen LogP contribution in [0, 0.1) is 0 Å². The molecule has 0 atom stereocenters. The molecule has 22 heavy (non-hydrogen) atoms. The number of para-hydroxylation sites is 1. The predicted molar refractivity (Wildman–Crippen MR) is 86.1 cm³/mol. The number of hydrogen-bond donors (Lipinski definition) is 2. The number of rotatable bonds is 4. The molecule has 2 aromatic rings. The molecule has 0 spiro atoms. The van der Waals surface area contributed by atoms with Gasteiger partial charge >= 0.3 is 11.8 Å². The van der Waals surface area contributed by atoms with Gasteiger partial charge in [0.05, 0.1) is 7.11 Å². The maximum absolute atomic E-state index is 12.0. The number of carbonyl (C=O) groups is 2. The lowest BCUT2D eigenvalue weighted by Crippen LogP contribution is -2.29. The van der Waals surface area contributed by atoms with Crippen LogP contribution in [0.3, 0.4) is 0 Å². The summed E-state index contributed by atoms with van der Waals surface area (Å²) < 4.78 is 5.03. The summed E-state index contributed by atoms with van der Waals surface area (Å²) in [6, 6.07) is 14.2. The summed E-state index contributed by atoms with van der Waals surface area (Å²) in [6.07, 6.45) is 0.774. The molecule has 0 saturated heterocycles. The van der Waals surface area contributed by atoms with Crippen LogP contribution in [-0.2, 0) is 16.0 Å². The van der Waals surface area contributed by atoms with Crippen molar-refractivity contribution in [1.82, 2.24) is 0 Å². The van der Waals surface area contributed by atoms with Crippen molar-refractivity contribution >= 4 is 23.2 Å². The Bertz CT molecular complexity index is 666. The van der Waals surface area contributed by atoms with E-state index in [1.165, 1.54) is 0 Å². The summed E-state index contributed by atoms with van der Waals surface area (Å²) in [6.45, 7) is 1.99. The van der Waals surface area contributed by atoms with Crippen LogP contribution in [0.1, 0.15) is 12.5 Å². The number of benzene rings is 2. The summed E-state index contributed by atoms with van der Waals surface area (Å²) in [5.74, 6) is -0.730. The Morgan fingerprint density at radius 1 is 0.955 bits per heavy atom. The third-order valence-electron chi connectivity index (χ3n) is 3.20. The van der Waals surface area contributed by atoms with Gasteiger partial charge in [0.25, 0.3) is 0 Å². The Morgan fingerprint density at radius 3 is 2.23 bits per heavy atom. The minimum Gasteiger partial charge on any atom is -0.497 e. The summed E-state index contributed by atoms with van der Waals surface area (Å²) in [7, 11) is 1.56. The number of amides is 2. The molecule has 0 saturated carbocycles. The molecule has 2 rings (SSSR count). The molecule has 2 aromatic carbocycles. The van der Waals surface area contributed by atoms with Crippen molar-refractivity contribution in [3.63, 3.8) is 0 Å². The van der Waals surface area contributed by atoms with Gasteiger partial charge in [0, 0.05) is 11.4 Å². The van der Waals surface area contributed by atoms with E-state index in [0.717, 1.165) is 12.0 Å². The Kier molecular flexibility index (Phi) is 5.14. The molecule has 114 valence electrons. The van der Waals surface area contributed by atoms with E-state index in [4.69, 9.17) is 4.74 Å². The van der Waals surface area contributed by atoms with Crippen molar-refractivity contribution in [2.75, 3.05) is 17.7 Å². The van der Waals surface area contributed by atoms with E-state index in [9.17, 15) is 9.59 Å². The van der Waals surface area contributed by atoms with Crippen LogP contribution in [0.25, 0.3) is 0 Å². The minimum absolute atomic E-state index is 0.532. The molecule has 0 bridgehead atoms. The highest BCUT2D eigenvalue weighted by Gasteiger charge is 2.15. The van der Waals surface area contributed by atoms with Crippen molar-refractivity contribution in [3.8, 4) is 5.75 Å². The number of methoxy groups -OCH3 is 1. The van der Waals surface area contributed by atoms with E-state index in [2.05, 4.69) is 10.6 Å². The number of hydrogen-bond acceptors (Lipinski definition) is 3. The average Bonchev–Trinajstić information content (AvgIpc) is 2.56. The van der Waals surface area contributed by atoms with Gasteiger partial charge < -0.3 is 15.4 Å². The molecular formula is C17H18N2O3. The maximum atomic E-state index is 12.0. The molecule has 5 heteroatoms. The van der Waals surface area contributed by atoms with Crippen molar-refractivity contribution in [2.24, 2.45) is 0 Å². The number of aryl methyl sites for hydroxylation is 1. The Hall–Kier alpha value is -2.82. The molecule has 0 heterocycles. The Morgan fingerprint density at radius 2 is 1.59 bits per heavy atom. The number of anilines is 2. The van der Waals surface area contributed by atoms with E-state index in [1.54, 1.807) is 37.4 Å². The van der Waals surface area contributed by atoms with Crippen LogP contribution >= 0.6 is 0 Å². The third kappa shape index (κ3) is 3.85. The van der Waals surface area contributed by atoms with Gasteiger partial charge in [-0.1, -0.05) is 25.1 Å². The van der Waals surface area contributed by atoms with Gasteiger partial charge in [-0.3, -0.25) is 9.59 Å². The highest BCUT2D eigenvalue weighted by Crippen LogP contribution is 2.17. The SMILES string of the molecule is CCc1ccccc1NC(=O)C(=O)Nc1ccc(OC)cc1. The van der Waals surface area contributed by atoms with Crippen LogP contribution in [0.2, 0.25) is 0 Å². The molecule has 0 aliphatic carbocycles. The lowest BCUT2D eigenvalue weighted by molar-refractivity contribution is -0.133. The van der Waals surface area contributed by atoms with Gasteiger partial charge in [-0.15, -0.1) is 0 Å². The predicted octanol–water partition coefficient (Wildman–Crippen LogP) is 2.83. The van der Waals surface area contributed by atoms with Crippen LogP contribution in [0.5, 0.6) is 5.75 Å². The lowest BCUT2D eigenvalue weighted by Gasteiger charge is -2.10. The second-order valence-corrected chi connectivity index (χ2v) is 4.65. The lowest BCUT2D eigenvalue weighted by atomic mass is 10.1. The molecule has 0 radical (unpaired) electrons. The highest BCUT2D eigenvalue weighted by atomic mass is 16.5. The van der Waals surface area contributed by atoms with Crippen LogP contribution in [-0.4, -0.2) is 18.9 Å². The molecule has 2 N–H and O–H groups in total. The Labute approximate surface area is 129 Å². The Balaban J connectivity index is 2.01. The third-order valence-corrected chi connectivity index (χ3v) is 3.20. The van der Waals surface area contributed by atoms with Crippen molar-refractivity contribution in [3.05, 3.63) is 54.1 Å². The van der Waals surface area contributed by atoms with Crippen molar-refractivity contribution in [1.29, 1.82) is 0 Å². The zero-order valence-corrected chi connectivity index (χ0v) is 12.6. The van der Waals surface area contributed by atoms with Crippen LogP contribution in [0.4, 0.5) is 11.4 Å². The van der Waals surface area contributed by atoms with Gasteiger partial charge in [-0.25, -0.2) is 0 Å². The van der Waals surface area contributed by atoms with E-state index >= 15 is 0 Å². The first-order valence-corrected chi connectivity index (χ1v) is 6.98. The quantitative estimate of drug-likeness (QED) is 0.853. The van der Waals surface area contributed by atoms with Crippen LogP contribution < -0.4 is 15.4 Å². The first-order chi connectivity index (χ1) is 10.6. The molecule has 0 unspecified atom stereocenters. The minimum atomic E-state index is -0.712. The summed E-state index contributed by atoms with van der Waals surface area (Å²) in [4.78, 5) is 23.9. The monoisotopic (exact) mass is 298 g/mol. The fourth-order valence-corrected chi connectivity index (χ4v) is 1.99. The maximum Gasteiger partial charge on any atom is 0.314 e.